The lowest BCUT2D eigenvalue weighted by Gasteiger charge is -2.46. The zero-order chi connectivity index (χ0) is 37.4. The topological polar surface area (TPSA) is 121 Å². The number of hydrogen-bond acceptors (Lipinski definition) is 10. The second kappa shape index (κ2) is 16.7. The highest BCUT2D eigenvalue weighted by Gasteiger charge is 2.59. The summed E-state index contributed by atoms with van der Waals surface area (Å²) < 4.78 is 43.9. The number of unbranched alkanes of at least 4 members (excludes halogenated alkanes) is 1. The Labute approximate surface area is 298 Å². The second-order valence-electron chi connectivity index (χ2n) is 15.7. The number of amides is 2. The van der Waals surface area contributed by atoms with Crippen LogP contribution in [0.15, 0.2) is 54.6 Å². The van der Waals surface area contributed by atoms with Crippen LogP contribution in [0.2, 0.25) is 0 Å². The minimum absolute atomic E-state index is 0.0227. The molecule has 0 spiro atoms. The molecule has 1 heterocycles. The molecular weight excluding hydrogens is 659 g/mol. The monoisotopic (exact) mass is 716 g/mol. The summed E-state index contributed by atoms with van der Waals surface area (Å²) in [4.78, 5) is 43.5. The predicted molar refractivity (Wildman–Crippen MR) is 194 cm³/mol. The largest absolute Gasteiger partial charge is 0.459 e. The molecule has 3 rings (SSSR count). The van der Waals surface area contributed by atoms with E-state index in [-0.39, 0.29) is 32.3 Å². The first-order valence-corrected chi connectivity index (χ1v) is 19.2. The average molecular weight is 717 g/mol. The molecule has 0 saturated carbocycles. The molecule has 0 N–H and O–H groups in total. The second-order valence-corrected chi connectivity index (χ2v) is 18.6. The number of imide groups is 1. The van der Waals surface area contributed by atoms with Crippen molar-refractivity contribution < 1.29 is 42.4 Å². The molecule has 2 amide bonds. The van der Waals surface area contributed by atoms with E-state index in [1.165, 1.54) is 0 Å². The highest BCUT2D eigenvalue weighted by atomic mass is 31.2. The van der Waals surface area contributed by atoms with Crippen molar-refractivity contribution in [2.75, 3.05) is 32.4 Å². The lowest BCUT2D eigenvalue weighted by atomic mass is 9.98. The van der Waals surface area contributed by atoms with E-state index in [4.69, 9.17) is 23.5 Å². The van der Waals surface area contributed by atoms with Crippen LogP contribution in [0, 0.1) is 0 Å². The van der Waals surface area contributed by atoms with Crippen molar-refractivity contribution in [1.82, 2.24) is 9.80 Å². The summed E-state index contributed by atoms with van der Waals surface area (Å²) in [7, 11) is -3.59. The van der Waals surface area contributed by atoms with Gasteiger partial charge in [0.05, 0.1) is 6.61 Å². The van der Waals surface area contributed by atoms with Gasteiger partial charge in [-0.15, -0.1) is 0 Å². The Bertz CT molecular complexity index is 1470. The van der Waals surface area contributed by atoms with Crippen LogP contribution in [0.1, 0.15) is 94.1 Å². The van der Waals surface area contributed by atoms with Crippen molar-refractivity contribution in [1.29, 1.82) is 0 Å². The summed E-state index contributed by atoms with van der Waals surface area (Å²) in [6, 6.07) is 17.3. The van der Waals surface area contributed by atoms with Gasteiger partial charge in [0.2, 0.25) is 7.37 Å². The van der Waals surface area contributed by atoms with Crippen molar-refractivity contribution in [3.63, 3.8) is 0 Å². The molecule has 2 atom stereocenters. The number of esters is 1. The molecule has 50 heavy (non-hydrogen) atoms. The maximum Gasteiger partial charge on any atom is 0.419 e. The standard InChI is InChI=1S/C38H57N2O9P/c1-11-45-50(44)25-24-39(27-29-18-17-21-31(26-29)46-30-19-13-12-14-20-30)28-38(50,32(41)47-35(2,3)4)22-15-16-23-40(33(42)48-36(5,6)7)34(43)49-37(8,9)10/h12-14,17-21,26H,11,15-16,22-25,27-28H2,1-10H3. The van der Waals surface area contributed by atoms with Crippen LogP contribution >= 0.6 is 7.37 Å². The molecule has 1 saturated heterocycles. The fourth-order valence-electron chi connectivity index (χ4n) is 5.67. The zero-order valence-corrected chi connectivity index (χ0v) is 32.5. The number of hydrogen-bond donors (Lipinski definition) is 0. The van der Waals surface area contributed by atoms with E-state index in [9.17, 15) is 18.9 Å². The quantitative estimate of drug-likeness (QED) is 0.0911. The molecule has 2 aromatic carbocycles. The molecule has 1 aliphatic heterocycles. The predicted octanol–water partition coefficient (Wildman–Crippen LogP) is 9.03. The first kappa shape index (κ1) is 41.0. The summed E-state index contributed by atoms with van der Waals surface area (Å²) in [5.74, 6) is 0.827. The van der Waals surface area contributed by atoms with E-state index < -0.39 is 47.5 Å². The lowest BCUT2D eigenvalue weighted by Crippen LogP contribution is -2.56. The van der Waals surface area contributed by atoms with Gasteiger partial charge >= 0.3 is 18.2 Å². The van der Waals surface area contributed by atoms with Crippen molar-refractivity contribution in [3.05, 3.63) is 60.2 Å². The van der Waals surface area contributed by atoms with Crippen LogP contribution in [0.4, 0.5) is 9.59 Å². The molecule has 11 nitrogen and oxygen atoms in total. The number of para-hydroxylation sites is 1. The molecule has 1 fully saturated rings. The Hall–Kier alpha value is -3.40. The Balaban J connectivity index is 1.88. The van der Waals surface area contributed by atoms with Crippen molar-refractivity contribution in [2.24, 2.45) is 0 Å². The van der Waals surface area contributed by atoms with E-state index in [0.29, 0.717) is 31.7 Å². The number of nitrogens with zero attached hydrogens (tertiary/aromatic N) is 2. The van der Waals surface area contributed by atoms with Crippen molar-refractivity contribution in [3.8, 4) is 11.5 Å². The third kappa shape index (κ3) is 12.1. The molecule has 1 aliphatic rings. The smallest absolute Gasteiger partial charge is 0.419 e. The third-order valence-electron chi connectivity index (χ3n) is 7.70. The Kier molecular flexibility index (Phi) is 13.7. The fraction of sp³-hybridized carbons (Fsp3) is 0.605. The van der Waals surface area contributed by atoms with Crippen LogP contribution in [-0.2, 0) is 34.6 Å². The SMILES string of the molecule is CCOP1(=O)CCN(Cc2cccc(Oc3ccccc3)c2)CC1(CCCCN(C(=O)OC(C)(C)C)C(=O)OC(C)(C)C)C(=O)OC(C)(C)C. The normalized spacial score (nSPS) is 20.1. The summed E-state index contributed by atoms with van der Waals surface area (Å²) in [6.07, 6.45) is -0.682. The fourth-order valence-corrected chi connectivity index (χ4v) is 8.68. The zero-order valence-electron chi connectivity index (χ0n) is 31.6. The van der Waals surface area contributed by atoms with Gasteiger partial charge in [0, 0.05) is 32.3 Å². The molecule has 2 aromatic rings. The Morgan fingerprint density at radius 3 is 1.94 bits per heavy atom. The Morgan fingerprint density at radius 2 is 1.38 bits per heavy atom. The van der Waals surface area contributed by atoms with Gasteiger partial charge in [-0.3, -0.25) is 14.3 Å². The minimum atomic E-state index is -3.59. The number of ether oxygens (including phenoxy) is 4. The molecule has 0 bridgehead atoms. The first-order chi connectivity index (χ1) is 23.2. The van der Waals surface area contributed by atoms with E-state index in [0.717, 1.165) is 16.2 Å². The van der Waals surface area contributed by atoms with Gasteiger partial charge in [0.15, 0.2) is 5.16 Å². The van der Waals surface area contributed by atoms with Crippen molar-refractivity contribution in [2.45, 2.75) is 117 Å². The molecule has 12 heteroatoms. The van der Waals surface area contributed by atoms with E-state index in [1.807, 2.05) is 54.6 Å². The van der Waals surface area contributed by atoms with Gasteiger partial charge in [0.1, 0.15) is 28.3 Å². The van der Waals surface area contributed by atoms with E-state index in [2.05, 4.69) is 4.90 Å². The molecule has 0 radical (unpaired) electrons. The van der Waals surface area contributed by atoms with Gasteiger partial charge in [-0.1, -0.05) is 30.3 Å². The van der Waals surface area contributed by atoms with Crippen molar-refractivity contribution >= 4 is 25.5 Å². The van der Waals surface area contributed by atoms with Crippen LogP contribution in [0.25, 0.3) is 0 Å². The molecular formula is C38H57N2O9P. The number of carbonyl (C=O) groups excluding carboxylic acids is 3. The lowest BCUT2D eigenvalue weighted by molar-refractivity contribution is -0.160. The number of benzene rings is 2. The van der Waals surface area contributed by atoms with Crippen LogP contribution in [0.3, 0.4) is 0 Å². The first-order valence-electron chi connectivity index (χ1n) is 17.4. The third-order valence-corrected chi connectivity index (χ3v) is 11.0. The van der Waals surface area contributed by atoms with E-state index >= 15 is 0 Å². The van der Waals surface area contributed by atoms with Gasteiger partial charge < -0.3 is 23.5 Å². The van der Waals surface area contributed by atoms with Gasteiger partial charge in [-0.05, 0) is 118 Å². The molecule has 0 aliphatic carbocycles. The molecule has 278 valence electrons. The highest BCUT2D eigenvalue weighted by molar-refractivity contribution is 7.62. The number of rotatable bonds is 12. The van der Waals surface area contributed by atoms with Crippen LogP contribution < -0.4 is 4.74 Å². The van der Waals surface area contributed by atoms with Gasteiger partial charge in [0.25, 0.3) is 0 Å². The maximum absolute atomic E-state index is 14.8. The summed E-state index contributed by atoms with van der Waals surface area (Å²) in [6.45, 7) is 18.6. The molecule has 2 unspecified atom stereocenters. The van der Waals surface area contributed by atoms with Crippen LogP contribution in [0.5, 0.6) is 11.5 Å². The summed E-state index contributed by atoms with van der Waals surface area (Å²) in [5.41, 5.74) is -1.53. The van der Waals surface area contributed by atoms with Crippen LogP contribution in [-0.4, -0.2) is 82.3 Å². The van der Waals surface area contributed by atoms with Gasteiger partial charge in [-0.2, -0.15) is 0 Å². The average Bonchev–Trinajstić information content (AvgIpc) is 2.97. The number of carbonyl (C=O) groups is 3. The Morgan fingerprint density at radius 1 is 0.800 bits per heavy atom. The van der Waals surface area contributed by atoms with E-state index in [1.54, 1.807) is 69.2 Å². The molecule has 0 aromatic heterocycles. The summed E-state index contributed by atoms with van der Waals surface area (Å²) in [5, 5.41) is -1.48. The minimum Gasteiger partial charge on any atom is -0.459 e. The summed E-state index contributed by atoms with van der Waals surface area (Å²) >= 11 is 0. The highest BCUT2D eigenvalue weighted by Crippen LogP contribution is 2.64. The maximum atomic E-state index is 14.8. The van der Waals surface area contributed by atoms with Gasteiger partial charge in [-0.25, -0.2) is 14.5 Å².